The van der Waals surface area contributed by atoms with E-state index in [2.05, 4.69) is 33.8 Å². The molecule has 0 amide bonds. The minimum atomic E-state index is 0.424. The van der Waals surface area contributed by atoms with Crippen LogP contribution < -0.4 is 10.5 Å². The maximum absolute atomic E-state index is 8.25. The van der Waals surface area contributed by atoms with Crippen molar-refractivity contribution in [2.75, 3.05) is 18.1 Å². The molecule has 0 radical (unpaired) electrons. The van der Waals surface area contributed by atoms with E-state index in [0.717, 1.165) is 25.3 Å². The zero-order valence-corrected chi connectivity index (χ0v) is 10.5. The van der Waals surface area contributed by atoms with Crippen molar-refractivity contribution in [2.45, 2.75) is 27.2 Å². The zero-order valence-electron chi connectivity index (χ0n) is 10.5. The number of aryl methyl sites for hydroxylation is 1. The highest BCUT2D eigenvalue weighted by Crippen LogP contribution is 2.04. The van der Waals surface area contributed by atoms with Gasteiger partial charge in [0.05, 0.1) is 6.33 Å². The van der Waals surface area contributed by atoms with E-state index < -0.39 is 0 Å². The highest BCUT2D eigenvalue weighted by molar-refractivity contribution is 5.67. The van der Waals surface area contributed by atoms with Crippen molar-refractivity contribution in [1.82, 2.24) is 19.6 Å². The van der Waals surface area contributed by atoms with Gasteiger partial charge in [0.15, 0.2) is 11.1 Å². The molecule has 0 bridgehead atoms. The first-order valence-electron chi connectivity index (χ1n) is 5.97. The summed E-state index contributed by atoms with van der Waals surface area (Å²) in [5, 5.41) is 10.3. The summed E-state index contributed by atoms with van der Waals surface area (Å²) in [7, 11) is 0. The Morgan fingerprint density at radius 2 is 2.06 bits per heavy atom. The van der Waals surface area contributed by atoms with E-state index in [0.29, 0.717) is 16.7 Å². The third-order valence-corrected chi connectivity index (χ3v) is 2.88. The van der Waals surface area contributed by atoms with Crippen LogP contribution in [0.25, 0.3) is 11.2 Å². The van der Waals surface area contributed by atoms with E-state index in [9.17, 15) is 0 Å². The summed E-state index contributed by atoms with van der Waals surface area (Å²) in [6.45, 7) is 7.89. The van der Waals surface area contributed by atoms with Gasteiger partial charge in [-0.2, -0.15) is 0 Å². The molecule has 2 heterocycles. The van der Waals surface area contributed by atoms with Crippen LogP contribution >= 0.6 is 0 Å². The summed E-state index contributed by atoms with van der Waals surface area (Å²) in [4.78, 5) is 11.6. The summed E-state index contributed by atoms with van der Waals surface area (Å²) < 4.78 is 1.88. The Bertz CT molecular complexity index is 563. The minimum absolute atomic E-state index is 0.424. The first-order chi connectivity index (χ1) is 8.22. The van der Waals surface area contributed by atoms with Gasteiger partial charge in [0.2, 0.25) is 0 Å². The van der Waals surface area contributed by atoms with Gasteiger partial charge in [-0.05, 0) is 13.8 Å². The van der Waals surface area contributed by atoms with Crippen LogP contribution in [0.2, 0.25) is 0 Å². The fourth-order valence-electron chi connectivity index (χ4n) is 1.99. The van der Waals surface area contributed by atoms with Crippen LogP contribution in [0.3, 0.4) is 0 Å². The number of H-pyrrole nitrogens is 1. The van der Waals surface area contributed by atoms with Crippen LogP contribution in [0.15, 0.2) is 6.33 Å². The second kappa shape index (κ2) is 4.57. The summed E-state index contributed by atoms with van der Waals surface area (Å²) in [6, 6.07) is 0. The lowest BCUT2D eigenvalue weighted by Gasteiger charge is -2.26. The number of aromatic nitrogens is 4. The molecule has 2 rings (SSSR count). The van der Waals surface area contributed by atoms with Crippen molar-refractivity contribution < 1.29 is 0 Å². The molecule has 2 aromatic heterocycles. The average molecular weight is 234 g/mol. The molecule has 0 spiro atoms. The Balaban J connectivity index is 2.74. The van der Waals surface area contributed by atoms with E-state index in [4.69, 9.17) is 5.41 Å². The van der Waals surface area contributed by atoms with Crippen molar-refractivity contribution in [3.8, 4) is 0 Å². The lowest BCUT2D eigenvalue weighted by Crippen LogP contribution is -2.44. The molecule has 0 atom stereocenters. The van der Waals surface area contributed by atoms with Crippen LogP contribution in [0, 0.1) is 5.41 Å². The van der Waals surface area contributed by atoms with Crippen LogP contribution in [0.5, 0.6) is 0 Å². The van der Waals surface area contributed by atoms with Crippen molar-refractivity contribution in [2.24, 2.45) is 0 Å². The van der Waals surface area contributed by atoms with Gasteiger partial charge in [0, 0.05) is 19.5 Å². The molecule has 0 aromatic carbocycles. The monoisotopic (exact) mass is 234 g/mol. The van der Waals surface area contributed by atoms with Gasteiger partial charge in [-0.1, -0.05) is 6.92 Å². The van der Waals surface area contributed by atoms with Crippen molar-refractivity contribution in [1.29, 1.82) is 5.41 Å². The number of rotatable bonds is 4. The molecule has 0 aliphatic rings. The van der Waals surface area contributed by atoms with Gasteiger partial charge in [-0.15, -0.1) is 0 Å². The Labute approximate surface area is 99.8 Å². The largest absolute Gasteiger partial charge is 0.340 e. The summed E-state index contributed by atoms with van der Waals surface area (Å²) in [6.07, 6.45) is 2.37. The molecule has 6 heteroatoms. The second-order valence-corrected chi connectivity index (χ2v) is 3.78. The number of aromatic amines is 1. The first kappa shape index (κ1) is 11.6. The lowest BCUT2D eigenvalue weighted by atomic mass is 10.4. The Morgan fingerprint density at radius 3 is 2.65 bits per heavy atom. The predicted octanol–water partition coefficient (Wildman–Crippen LogP) is 0.779. The van der Waals surface area contributed by atoms with E-state index >= 15 is 0 Å². The minimum Gasteiger partial charge on any atom is -0.340 e. The SMILES string of the molecule is CCc1nc2nc[nH]c2c(=N)n1N(CC)CC. The Morgan fingerprint density at radius 1 is 1.35 bits per heavy atom. The van der Waals surface area contributed by atoms with Gasteiger partial charge in [0.1, 0.15) is 11.3 Å². The van der Waals surface area contributed by atoms with Gasteiger partial charge in [-0.3, -0.25) is 5.41 Å². The topological polar surface area (TPSA) is 73.6 Å². The third kappa shape index (κ3) is 1.79. The van der Waals surface area contributed by atoms with Gasteiger partial charge in [0.25, 0.3) is 0 Å². The van der Waals surface area contributed by atoms with E-state index in [1.54, 1.807) is 6.33 Å². The fraction of sp³-hybridized carbons (Fsp3) is 0.545. The van der Waals surface area contributed by atoms with Crippen molar-refractivity contribution >= 4 is 11.2 Å². The third-order valence-electron chi connectivity index (χ3n) is 2.88. The lowest BCUT2D eigenvalue weighted by molar-refractivity contribution is 0.554. The highest BCUT2D eigenvalue weighted by atomic mass is 15.6. The molecule has 0 saturated carbocycles. The predicted molar refractivity (Wildman–Crippen MR) is 66.4 cm³/mol. The van der Waals surface area contributed by atoms with Crippen LogP contribution in [-0.4, -0.2) is 32.7 Å². The van der Waals surface area contributed by atoms with E-state index in [1.165, 1.54) is 0 Å². The molecule has 0 aliphatic carbocycles. The first-order valence-corrected chi connectivity index (χ1v) is 5.97. The van der Waals surface area contributed by atoms with Gasteiger partial charge in [-0.25, -0.2) is 14.6 Å². The van der Waals surface area contributed by atoms with Crippen LogP contribution in [0.4, 0.5) is 0 Å². The zero-order chi connectivity index (χ0) is 12.4. The summed E-state index contributed by atoms with van der Waals surface area (Å²) >= 11 is 0. The molecular weight excluding hydrogens is 216 g/mol. The molecule has 0 aliphatic heterocycles. The molecule has 6 nitrogen and oxygen atoms in total. The molecule has 92 valence electrons. The van der Waals surface area contributed by atoms with Gasteiger partial charge >= 0.3 is 0 Å². The molecular formula is C11H18N6. The molecule has 0 fully saturated rings. The van der Waals surface area contributed by atoms with Crippen LogP contribution in [0.1, 0.15) is 26.6 Å². The number of hydrogen-bond acceptors (Lipinski definition) is 4. The Hall–Kier alpha value is -1.85. The normalized spacial score (nSPS) is 11.0. The highest BCUT2D eigenvalue weighted by Gasteiger charge is 2.12. The summed E-state index contributed by atoms with van der Waals surface area (Å²) in [5.74, 6) is 0.873. The standard InChI is InChI=1S/C11H18N6/c1-4-8-15-11-9(13-7-14-11)10(12)17(8)16(5-2)6-3/h7,12H,4-6H2,1-3H3,(H,13,14). The quantitative estimate of drug-likeness (QED) is 0.821. The fourth-order valence-corrected chi connectivity index (χ4v) is 1.99. The number of fused-ring (bicyclic) bond motifs is 1. The van der Waals surface area contributed by atoms with E-state index in [-0.39, 0.29) is 0 Å². The molecule has 0 saturated heterocycles. The van der Waals surface area contributed by atoms with E-state index in [1.807, 2.05) is 11.6 Å². The molecule has 17 heavy (non-hydrogen) atoms. The second-order valence-electron chi connectivity index (χ2n) is 3.78. The number of nitrogens with one attached hydrogen (secondary N) is 2. The van der Waals surface area contributed by atoms with Gasteiger partial charge < -0.3 is 9.99 Å². The maximum Gasteiger partial charge on any atom is 0.183 e. The van der Waals surface area contributed by atoms with Crippen molar-refractivity contribution in [3.05, 3.63) is 17.6 Å². The average Bonchev–Trinajstić information content (AvgIpc) is 2.81. The molecule has 0 unspecified atom stereocenters. The number of nitrogens with zero attached hydrogens (tertiary/aromatic N) is 4. The maximum atomic E-state index is 8.25. The summed E-state index contributed by atoms with van der Waals surface area (Å²) in [5.41, 5.74) is 1.73. The Kier molecular flexibility index (Phi) is 3.12. The smallest absolute Gasteiger partial charge is 0.183 e. The number of imidazole rings is 1. The molecule has 2 aromatic rings. The van der Waals surface area contributed by atoms with Crippen molar-refractivity contribution in [3.63, 3.8) is 0 Å². The molecule has 2 N–H and O–H groups in total. The number of hydrogen-bond donors (Lipinski definition) is 2. The van der Waals surface area contributed by atoms with Crippen LogP contribution in [-0.2, 0) is 6.42 Å².